The highest BCUT2D eigenvalue weighted by atomic mass is 16.3. The molecule has 4 nitrogen and oxygen atoms in total. The molecule has 0 radical (unpaired) electrons. The van der Waals surface area contributed by atoms with Gasteiger partial charge in [-0.05, 0) is 95.6 Å². The summed E-state index contributed by atoms with van der Waals surface area (Å²) in [6.07, 6.45) is 0. The van der Waals surface area contributed by atoms with Gasteiger partial charge in [-0.2, -0.15) is 0 Å². The zero-order chi connectivity index (χ0) is 39.3. The standard InChI is InChI=1S/C56H35N3O/c1-3-14-39(15-4-1)57-49-23-10-7-18-43(49)47-34-37(28-32-51(47)57)38-29-33-52-48(35-38)44-19-8-11-24-50(44)58(52)41-30-26-36(27-31-41)42-21-13-22-46-54-45-20-9-12-25-53(45)60-56(54)59(55(42)46)40-16-5-2-6-17-40/h1-35H. The van der Waals surface area contributed by atoms with Gasteiger partial charge in [0.2, 0.25) is 5.71 Å². The predicted molar refractivity (Wildman–Crippen MR) is 250 cm³/mol. The van der Waals surface area contributed by atoms with E-state index in [9.17, 15) is 0 Å². The Hall–Kier alpha value is -8.08. The highest BCUT2D eigenvalue weighted by Crippen LogP contribution is 2.43. The summed E-state index contributed by atoms with van der Waals surface area (Å²) in [6, 6.07) is 76.6. The lowest BCUT2D eigenvalue weighted by molar-refractivity contribution is 0.645. The second-order valence-corrected chi connectivity index (χ2v) is 15.7. The van der Waals surface area contributed by atoms with Crippen molar-refractivity contribution < 1.29 is 4.42 Å². The molecule has 13 aromatic rings. The Balaban J connectivity index is 0.944. The number of nitrogens with zero attached hydrogens (tertiary/aromatic N) is 3. The lowest BCUT2D eigenvalue weighted by Crippen LogP contribution is -1.96. The molecule has 0 unspecified atom stereocenters. The van der Waals surface area contributed by atoms with Gasteiger partial charge in [-0.3, -0.25) is 4.57 Å². The van der Waals surface area contributed by atoms with E-state index in [0.29, 0.717) is 0 Å². The lowest BCUT2D eigenvalue weighted by Gasteiger charge is -2.13. The van der Waals surface area contributed by atoms with Crippen molar-refractivity contribution in [3.63, 3.8) is 0 Å². The van der Waals surface area contributed by atoms with Gasteiger partial charge < -0.3 is 13.6 Å². The minimum Gasteiger partial charge on any atom is -0.439 e. The molecule has 4 heteroatoms. The van der Waals surface area contributed by atoms with Crippen molar-refractivity contribution >= 4 is 76.6 Å². The van der Waals surface area contributed by atoms with Crippen LogP contribution in [0.15, 0.2) is 217 Å². The van der Waals surface area contributed by atoms with Crippen LogP contribution in [-0.4, -0.2) is 13.7 Å². The van der Waals surface area contributed by atoms with E-state index >= 15 is 0 Å². The van der Waals surface area contributed by atoms with E-state index in [2.05, 4.69) is 220 Å². The molecule has 0 N–H and O–H groups in total. The van der Waals surface area contributed by atoms with E-state index in [0.717, 1.165) is 50.1 Å². The molecule has 0 fully saturated rings. The molecule has 0 atom stereocenters. The van der Waals surface area contributed by atoms with Crippen LogP contribution in [-0.2, 0) is 0 Å². The van der Waals surface area contributed by atoms with E-state index in [4.69, 9.17) is 4.42 Å². The highest BCUT2D eigenvalue weighted by Gasteiger charge is 2.22. The maximum absolute atomic E-state index is 6.61. The average Bonchev–Trinajstić information content (AvgIpc) is 4.05. The van der Waals surface area contributed by atoms with Crippen LogP contribution in [0.5, 0.6) is 0 Å². The van der Waals surface area contributed by atoms with Gasteiger partial charge in [0, 0.05) is 54.9 Å². The molecule has 4 heterocycles. The second kappa shape index (κ2) is 12.7. The van der Waals surface area contributed by atoms with Gasteiger partial charge in [-0.1, -0.05) is 133 Å². The van der Waals surface area contributed by atoms with E-state index in [1.807, 2.05) is 6.07 Å². The van der Waals surface area contributed by atoms with Crippen molar-refractivity contribution in [1.29, 1.82) is 0 Å². The van der Waals surface area contributed by atoms with Crippen molar-refractivity contribution in [2.45, 2.75) is 0 Å². The predicted octanol–water partition coefficient (Wildman–Crippen LogP) is 15.1. The van der Waals surface area contributed by atoms with Crippen molar-refractivity contribution in [2.75, 3.05) is 0 Å². The van der Waals surface area contributed by atoms with Crippen LogP contribution < -0.4 is 0 Å². The summed E-state index contributed by atoms with van der Waals surface area (Å²) in [5.74, 6) is 0. The quantitative estimate of drug-likeness (QED) is 0.171. The van der Waals surface area contributed by atoms with Crippen molar-refractivity contribution in [1.82, 2.24) is 13.7 Å². The number of hydrogen-bond donors (Lipinski definition) is 0. The first kappa shape index (κ1) is 32.9. The average molecular weight is 766 g/mol. The number of para-hydroxylation sites is 6. The van der Waals surface area contributed by atoms with E-state index in [1.165, 1.54) is 65.8 Å². The first-order chi connectivity index (χ1) is 29.8. The Morgan fingerprint density at radius 2 is 0.767 bits per heavy atom. The van der Waals surface area contributed by atoms with Gasteiger partial charge in [-0.25, -0.2) is 0 Å². The van der Waals surface area contributed by atoms with E-state index < -0.39 is 0 Å². The minimum absolute atomic E-state index is 0.866. The van der Waals surface area contributed by atoms with Gasteiger partial charge in [0.1, 0.15) is 5.58 Å². The number of fused-ring (bicyclic) bond motifs is 11. The molecule has 9 aromatic carbocycles. The number of hydrogen-bond acceptors (Lipinski definition) is 1. The molecule has 0 aliphatic heterocycles. The minimum atomic E-state index is 0.866. The molecule has 0 bridgehead atoms. The maximum atomic E-state index is 6.61. The van der Waals surface area contributed by atoms with Crippen LogP contribution in [0.2, 0.25) is 0 Å². The zero-order valence-corrected chi connectivity index (χ0v) is 32.5. The van der Waals surface area contributed by atoms with Crippen LogP contribution in [0.25, 0.3) is 116 Å². The zero-order valence-electron chi connectivity index (χ0n) is 32.5. The summed E-state index contributed by atoms with van der Waals surface area (Å²) in [5, 5.41) is 8.44. The lowest BCUT2D eigenvalue weighted by atomic mass is 10.0. The smallest absolute Gasteiger partial charge is 0.213 e. The molecule has 13 rings (SSSR count). The van der Waals surface area contributed by atoms with Crippen molar-refractivity contribution in [2.24, 2.45) is 0 Å². The third-order valence-electron chi connectivity index (χ3n) is 12.5. The van der Waals surface area contributed by atoms with Crippen LogP contribution in [0.1, 0.15) is 0 Å². The topological polar surface area (TPSA) is 27.9 Å². The molecule has 0 spiro atoms. The fourth-order valence-electron chi connectivity index (χ4n) is 9.82. The fraction of sp³-hybridized carbons (Fsp3) is 0. The van der Waals surface area contributed by atoms with Crippen LogP contribution in [0.3, 0.4) is 0 Å². The molecule has 0 saturated heterocycles. The van der Waals surface area contributed by atoms with Crippen molar-refractivity contribution in [3.05, 3.63) is 212 Å². The largest absolute Gasteiger partial charge is 0.439 e. The summed E-state index contributed by atoms with van der Waals surface area (Å²) < 4.78 is 13.7. The maximum Gasteiger partial charge on any atom is 0.213 e. The van der Waals surface area contributed by atoms with E-state index in [1.54, 1.807) is 0 Å². The first-order valence-corrected chi connectivity index (χ1v) is 20.5. The molecule has 0 aliphatic rings. The Bertz CT molecular complexity index is 3810. The normalized spacial score (nSPS) is 12.0. The van der Waals surface area contributed by atoms with Gasteiger partial charge in [0.05, 0.1) is 33.0 Å². The van der Waals surface area contributed by atoms with Crippen LogP contribution in [0.4, 0.5) is 0 Å². The van der Waals surface area contributed by atoms with E-state index in [-0.39, 0.29) is 0 Å². The Kier molecular flexibility index (Phi) is 6.98. The second-order valence-electron chi connectivity index (χ2n) is 15.7. The molecular formula is C56H35N3O. The monoisotopic (exact) mass is 765 g/mol. The molecule has 280 valence electrons. The Morgan fingerprint density at radius 1 is 0.300 bits per heavy atom. The molecule has 0 aliphatic carbocycles. The Morgan fingerprint density at radius 3 is 1.38 bits per heavy atom. The summed E-state index contributed by atoms with van der Waals surface area (Å²) in [4.78, 5) is 0. The molecule has 4 aromatic heterocycles. The van der Waals surface area contributed by atoms with Crippen molar-refractivity contribution in [3.8, 4) is 39.3 Å². The summed E-state index contributed by atoms with van der Waals surface area (Å²) in [5.41, 5.74) is 15.8. The summed E-state index contributed by atoms with van der Waals surface area (Å²) in [6.45, 7) is 0. The fourth-order valence-corrected chi connectivity index (χ4v) is 9.82. The highest BCUT2D eigenvalue weighted by molar-refractivity contribution is 6.22. The van der Waals surface area contributed by atoms with Gasteiger partial charge in [0.25, 0.3) is 0 Å². The molecule has 60 heavy (non-hydrogen) atoms. The molecular weight excluding hydrogens is 731 g/mol. The van der Waals surface area contributed by atoms with Gasteiger partial charge >= 0.3 is 0 Å². The molecule has 0 amide bonds. The summed E-state index contributed by atoms with van der Waals surface area (Å²) in [7, 11) is 0. The number of rotatable bonds is 5. The first-order valence-electron chi connectivity index (χ1n) is 20.5. The van der Waals surface area contributed by atoms with Gasteiger partial charge in [-0.15, -0.1) is 0 Å². The SMILES string of the molecule is c1ccc(-n2c3ccccc3c3cc(-c4ccc5c(c4)c4ccccc4n5-c4ccc(-c5cccc6c7c8ccccc8oc7n(-c7ccccc7)c56)cc4)ccc32)cc1. The third-order valence-corrected chi connectivity index (χ3v) is 12.5. The number of aromatic nitrogens is 3. The van der Waals surface area contributed by atoms with Crippen LogP contribution >= 0.6 is 0 Å². The Labute approximate surface area is 345 Å². The number of furan rings is 1. The third kappa shape index (κ3) is 4.73. The van der Waals surface area contributed by atoms with Crippen LogP contribution in [0, 0.1) is 0 Å². The summed E-state index contributed by atoms with van der Waals surface area (Å²) >= 11 is 0. The van der Waals surface area contributed by atoms with Gasteiger partial charge in [0.15, 0.2) is 0 Å². The number of benzene rings is 9. The molecule has 0 saturated carbocycles.